The summed E-state index contributed by atoms with van der Waals surface area (Å²) in [6, 6.07) is 6.06. The Morgan fingerprint density at radius 3 is 2.74 bits per heavy atom. The quantitative estimate of drug-likeness (QED) is 0.666. The molecule has 3 nitrogen and oxygen atoms in total. The van der Waals surface area contributed by atoms with Crippen LogP contribution in [0.4, 0.5) is 0 Å². The zero-order valence-electron chi connectivity index (χ0n) is 12.4. The van der Waals surface area contributed by atoms with E-state index < -0.39 is 0 Å². The van der Waals surface area contributed by atoms with Crippen LogP contribution in [0.15, 0.2) is 18.2 Å². The highest BCUT2D eigenvalue weighted by molar-refractivity contribution is 5.41. The molecule has 0 amide bonds. The predicted octanol–water partition coefficient (Wildman–Crippen LogP) is 3.85. The summed E-state index contributed by atoms with van der Waals surface area (Å²) in [5.41, 5.74) is 1.14. The highest BCUT2D eigenvalue weighted by Crippen LogP contribution is 2.26. The lowest BCUT2D eigenvalue weighted by molar-refractivity contribution is 0.317. The molecule has 0 aliphatic carbocycles. The summed E-state index contributed by atoms with van der Waals surface area (Å²) >= 11 is 0. The van der Waals surface area contributed by atoms with Crippen LogP contribution in [-0.2, 0) is 6.54 Å². The van der Waals surface area contributed by atoms with Crippen molar-refractivity contribution in [1.82, 2.24) is 5.32 Å². The molecule has 0 aliphatic heterocycles. The zero-order chi connectivity index (χ0) is 14.1. The lowest BCUT2D eigenvalue weighted by atomic mass is 10.1. The van der Waals surface area contributed by atoms with E-state index in [-0.39, 0.29) is 5.75 Å². The predicted molar refractivity (Wildman–Crippen MR) is 79.7 cm³/mol. The van der Waals surface area contributed by atoms with E-state index in [4.69, 9.17) is 4.74 Å². The van der Waals surface area contributed by atoms with Crippen molar-refractivity contribution in [2.24, 2.45) is 0 Å². The Morgan fingerprint density at radius 2 is 2.05 bits per heavy atom. The van der Waals surface area contributed by atoms with Gasteiger partial charge in [-0.3, -0.25) is 0 Å². The minimum absolute atomic E-state index is 0.210. The van der Waals surface area contributed by atoms with Crippen LogP contribution < -0.4 is 10.1 Å². The molecule has 0 saturated carbocycles. The number of ether oxygens (including phenoxy) is 1. The number of hydrogen-bond donors (Lipinski definition) is 2. The Morgan fingerprint density at radius 1 is 1.26 bits per heavy atom. The fourth-order valence-electron chi connectivity index (χ4n) is 2.03. The minimum atomic E-state index is 0.210. The Hall–Kier alpha value is -1.22. The van der Waals surface area contributed by atoms with Gasteiger partial charge in [-0.25, -0.2) is 0 Å². The molecule has 0 bridgehead atoms. The van der Waals surface area contributed by atoms with Crippen LogP contribution in [-0.4, -0.2) is 17.8 Å². The summed E-state index contributed by atoms with van der Waals surface area (Å²) < 4.78 is 5.39. The maximum Gasteiger partial charge on any atom is 0.161 e. The number of phenolic OH excluding ortho intramolecular Hbond substituents is 1. The number of nitrogens with one attached hydrogen (secondary N) is 1. The molecule has 0 spiro atoms. The molecule has 1 aromatic carbocycles. The van der Waals surface area contributed by atoms with Crippen LogP contribution in [0, 0.1) is 0 Å². The second-order valence-electron chi connectivity index (χ2n) is 5.01. The number of benzene rings is 1. The molecule has 0 radical (unpaired) electrons. The molecule has 0 aromatic heterocycles. The van der Waals surface area contributed by atoms with Crippen molar-refractivity contribution in [3.8, 4) is 11.5 Å². The van der Waals surface area contributed by atoms with E-state index in [1.54, 1.807) is 6.07 Å². The van der Waals surface area contributed by atoms with Crippen molar-refractivity contribution in [2.45, 2.75) is 59.0 Å². The molecule has 1 rings (SSSR count). The van der Waals surface area contributed by atoms with E-state index in [1.165, 1.54) is 25.7 Å². The van der Waals surface area contributed by atoms with Gasteiger partial charge in [0, 0.05) is 12.6 Å². The minimum Gasteiger partial charge on any atom is -0.504 e. The summed E-state index contributed by atoms with van der Waals surface area (Å²) in [5, 5.41) is 13.2. The molecule has 0 saturated heterocycles. The van der Waals surface area contributed by atoms with Gasteiger partial charge in [-0.2, -0.15) is 0 Å². The molecule has 19 heavy (non-hydrogen) atoms. The molecule has 0 heterocycles. The number of rotatable bonds is 9. The van der Waals surface area contributed by atoms with Gasteiger partial charge < -0.3 is 15.2 Å². The molecule has 1 unspecified atom stereocenters. The van der Waals surface area contributed by atoms with E-state index in [0.29, 0.717) is 18.4 Å². The molecule has 1 atom stereocenters. The lowest BCUT2D eigenvalue weighted by Gasteiger charge is -2.14. The third-order valence-electron chi connectivity index (χ3n) is 3.22. The van der Waals surface area contributed by atoms with Gasteiger partial charge in [0.2, 0.25) is 0 Å². The van der Waals surface area contributed by atoms with Crippen LogP contribution in [0.1, 0.15) is 52.0 Å². The van der Waals surface area contributed by atoms with Gasteiger partial charge in [0.05, 0.1) is 6.61 Å². The average molecular weight is 265 g/mol. The molecule has 108 valence electrons. The first kappa shape index (κ1) is 15.8. The van der Waals surface area contributed by atoms with E-state index in [0.717, 1.165) is 12.1 Å². The SMILES string of the molecule is CCCCCC(C)NCc1ccc(O)c(OCC)c1. The van der Waals surface area contributed by atoms with Crippen molar-refractivity contribution < 1.29 is 9.84 Å². The second kappa shape index (κ2) is 8.81. The lowest BCUT2D eigenvalue weighted by Crippen LogP contribution is -2.25. The maximum absolute atomic E-state index is 9.64. The van der Waals surface area contributed by atoms with Crippen LogP contribution in [0.5, 0.6) is 11.5 Å². The van der Waals surface area contributed by atoms with Gasteiger partial charge >= 0.3 is 0 Å². The fourth-order valence-corrected chi connectivity index (χ4v) is 2.03. The third kappa shape index (κ3) is 5.97. The van der Waals surface area contributed by atoms with Gasteiger partial charge in [-0.1, -0.05) is 32.3 Å². The van der Waals surface area contributed by atoms with Crippen molar-refractivity contribution in [2.75, 3.05) is 6.61 Å². The van der Waals surface area contributed by atoms with Gasteiger partial charge in [-0.15, -0.1) is 0 Å². The van der Waals surface area contributed by atoms with Crippen molar-refractivity contribution in [3.05, 3.63) is 23.8 Å². The van der Waals surface area contributed by atoms with Gasteiger partial charge in [0.25, 0.3) is 0 Å². The van der Waals surface area contributed by atoms with Gasteiger partial charge in [0.1, 0.15) is 0 Å². The van der Waals surface area contributed by atoms with E-state index in [2.05, 4.69) is 19.2 Å². The summed E-state index contributed by atoms with van der Waals surface area (Å²) in [6.45, 7) is 7.75. The normalized spacial score (nSPS) is 12.4. The van der Waals surface area contributed by atoms with Gasteiger partial charge in [-0.05, 0) is 38.0 Å². The van der Waals surface area contributed by atoms with Crippen LogP contribution in [0.3, 0.4) is 0 Å². The van der Waals surface area contributed by atoms with E-state index in [9.17, 15) is 5.11 Å². The Labute approximate surface area is 117 Å². The fraction of sp³-hybridized carbons (Fsp3) is 0.625. The molecule has 3 heteroatoms. The highest BCUT2D eigenvalue weighted by Gasteiger charge is 2.05. The largest absolute Gasteiger partial charge is 0.504 e. The second-order valence-corrected chi connectivity index (χ2v) is 5.01. The molecular weight excluding hydrogens is 238 g/mol. The standard InChI is InChI=1S/C16H27NO2/c1-4-6-7-8-13(3)17-12-14-9-10-15(18)16(11-14)19-5-2/h9-11,13,17-18H,4-8,12H2,1-3H3. The molecule has 0 aliphatic rings. The summed E-state index contributed by atoms with van der Waals surface area (Å²) in [7, 11) is 0. The molecule has 2 N–H and O–H groups in total. The number of phenols is 1. The van der Waals surface area contributed by atoms with Gasteiger partial charge in [0.15, 0.2) is 11.5 Å². The highest BCUT2D eigenvalue weighted by atomic mass is 16.5. The van der Waals surface area contributed by atoms with Crippen molar-refractivity contribution >= 4 is 0 Å². The summed E-state index contributed by atoms with van der Waals surface area (Å²) in [6.07, 6.45) is 5.07. The van der Waals surface area contributed by atoms with Crippen molar-refractivity contribution in [3.63, 3.8) is 0 Å². The first-order valence-electron chi connectivity index (χ1n) is 7.35. The smallest absolute Gasteiger partial charge is 0.161 e. The monoisotopic (exact) mass is 265 g/mol. The number of unbranched alkanes of at least 4 members (excludes halogenated alkanes) is 2. The molecular formula is C16H27NO2. The number of hydrogen-bond acceptors (Lipinski definition) is 3. The first-order chi connectivity index (χ1) is 9.17. The average Bonchev–Trinajstić information content (AvgIpc) is 2.40. The Bertz CT molecular complexity index is 366. The van der Waals surface area contributed by atoms with E-state index in [1.807, 2.05) is 19.1 Å². The van der Waals surface area contributed by atoms with Crippen LogP contribution in [0.25, 0.3) is 0 Å². The molecule has 1 aromatic rings. The summed E-state index contributed by atoms with van der Waals surface area (Å²) in [5.74, 6) is 0.780. The Balaban J connectivity index is 2.42. The molecule has 0 fully saturated rings. The van der Waals surface area contributed by atoms with E-state index >= 15 is 0 Å². The zero-order valence-corrected chi connectivity index (χ0v) is 12.4. The van der Waals surface area contributed by atoms with Crippen molar-refractivity contribution in [1.29, 1.82) is 0 Å². The topological polar surface area (TPSA) is 41.5 Å². The van der Waals surface area contributed by atoms with Crippen LogP contribution in [0.2, 0.25) is 0 Å². The first-order valence-corrected chi connectivity index (χ1v) is 7.35. The third-order valence-corrected chi connectivity index (χ3v) is 3.22. The maximum atomic E-state index is 9.64. The van der Waals surface area contributed by atoms with Crippen LogP contribution >= 0.6 is 0 Å². The number of aromatic hydroxyl groups is 1. The summed E-state index contributed by atoms with van der Waals surface area (Å²) in [4.78, 5) is 0. The Kier molecular flexibility index (Phi) is 7.34.